The predicted octanol–water partition coefficient (Wildman–Crippen LogP) is 3.79. The lowest BCUT2D eigenvalue weighted by atomic mass is 10.1. The molecule has 0 heterocycles. The molecule has 4 nitrogen and oxygen atoms in total. The van der Waals surface area contributed by atoms with Gasteiger partial charge in [0.1, 0.15) is 11.5 Å². The zero-order valence-electron chi connectivity index (χ0n) is 14.8. The van der Waals surface area contributed by atoms with Crippen molar-refractivity contribution in [3.8, 4) is 11.5 Å². The quantitative estimate of drug-likeness (QED) is 0.842. The molecule has 2 aromatic carbocycles. The summed E-state index contributed by atoms with van der Waals surface area (Å²) in [5, 5.41) is 2.94. The molecule has 0 spiro atoms. The molecule has 1 unspecified atom stereocenters. The van der Waals surface area contributed by atoms with Gasteiger partial charge in [0.05, 0.1) is 7.11 Å². The van der Waals surface area contributed by atoms with Crippen molar-refractivity contribution in [3.05, 3.63) is 59.2 Å². The molecule has 128 valence electrons. The smallest absolute Gasteiger partial charge is 0.261 e. The number of nitrogens with one attached hydrogen (secondary N) is 1. The van der Waals surface area contributed by atoms with Gasteiger partial charge >= 0.3 is 0 Å². The molecule has 1 atom stereocenters. The highest BCUT2D eigenvalue weighted by Crippen LogP contribution is 2.22. The summed E-state index contributed by atoms with van der Waals surface area (Å²) in [7, 11) is 1.62. The lowest BCUT2D eigenvalue weighted by Crippen LogP contribution is -2.37. The van der Waals surface area contributed by atoms with E-state index in [-0.39, 0.29) is 5.91 Å². The van der Waals surface area contributed by atoms with E-state index in [1.807, 2.05) is 63.2 Å². The number of methoxy groups -OCH3 is 1. The van der Waals surface area contributed by atoms with E-state index in [1.54, 1.807) is 7.11 Å². The van der Waals surface area contributed by atoms with E-state index in [9.17, 15) is 4.79 Å². The highest BCUT2D eigenvalue weighted by Gasteiger charge is 2.19. The third kappa shape index (κ3) is 4.28. The molecule has 0 fully saturated rings. The van der Waals surface area contributed by atoms with Gasteiger partial charge in [-0.3, -0.25) is 4.79 Å². The van der Waals surface area contributed by atoms with Gasteiger partial charge in [0.25, 0.3) is 5.91 Å². The van der Waals surface area contributed by atoms with E-state index >= 15 is 0 Å². The van der Waals surface area contributed by atoms with Crippen LogP contribution < -0.4 is 14.8 Å². The summed E-state index contributed by atoms with van der Waals surface area (Å²) < 4.78 is 11.2. The van der Waals surface area contributed by atoms with Crippen molar-refractivity contribution in [1.82, 2.24) is 5.32 Å². The van der Waals surface area contributed by atoms with Gasteiger partial charge in [-0.25, -0.2) is 0 Å². The lowest BCUT2D eigenvalue weighted by Gasteiger charge is -2.19. The van der Waals surface area contributed by atoms with Crippen LogP contribution in [0.1, 0.15) is 30.0 Å². The number of carbonyl (C=O) groups excluding carboxylic acids is 1. The maximum absolute atomic E-state index is 12.5. The van der Waals surface area contributed by atoms with Crippen LogP contribution in [0, 0.1) is 13.8 Å². The van der Waals surface area contributed by atoms with Crippen molar-refractivity contribution in [1.29, 1.82) is 0 Å². The molecule has 0 aliphatic carbocycles. The minimum absolute atomic E-state index is 0.121. The number of para-hydroxylation sites is 1. The van der Waals surface area contributed by atoms with Crippen molar-refractivity contribution in [2.24, 2.45) is 0 Å². The van der Waals surface area contributed by atoms with Crippen LogP contribution in [0.25, 0.3) is 0 Å². The van der Waals surface area contributed by atoms with Gasteiger partial charge in [-0.2, -0.15) is 0 Å². The summed E-state index contributed by atoms with van der Waals surface area (Å²) in [6.45, 7) is 6.39. The molecule has 2 aromatic rings. The first kappa shape index (κ1) is 17.9. The van der Waals surface area contributed by atoms with Crippen LogP contribution in [-0.4, -0.2) is 19.1 Å². The highest BCUT2D eigenvalue weighted by molar-refractivity contribution is 5.81. The summed E-state index contributed by atoms with van der Waals surface area (Å²) in [6.07, 6.45) is 0.0886. The minimum Gasteiger partial charge on any atom is -0.496 e. The van der Waals surface area contributed by atoms with E-state index in [1.165, 1.54) is 0 Å². The predicted molar refractivity (Wildman–Crippen MR) is 95.5 cm³/mol. The van der Waals surface area contributed by atoms with Crippen molar-refractivity contribution >= 4 is 5.91 Å². The molecule has 1 amide bonds. The number of benzene rings is 2. The second-order valence-corrected chi connectivity index (χ2v) is 5.74. The van der Waals surface area contributed by atoms with Crippen LogP contribution >= 0.6 is 0 Å². The number of hydrogen-bond donors (Lipinski definition) is 1. The number of rotatable bonds is 7. The zero-order chi connectivity index (χ0) is 17.5. The van der Waals surface area contributed by atoms with E-state index in [0.29, 0.717) is 13.0 Å². The maximum atomic E-state index is 12.5. The minimum atomic E-state index is -0.514. The molecule has 2 rings (SSSR count). The van der Waals surface area contributed by atoms with Gasteiger partial charge in [-0.05, 0) is 43.5 Å². The summed E-state index contributed by atoms with van der Waals surface area (Å²) in [5.41, 5.74) is 3.15. The lowest BCUT2D eigenvalue weighted by molar-refractivity contribution is -0.128. The van der Waals surface area contributed by atoms with Crippen LogP contribution in [0.5, 0.6) is 11.5 Å². The van der Waals surface area contributed by atoms with Crippen LogP contribution in [0.4, 0.5) is 0 Å². The van der Waals surface area contributed by atoms with E-state index in [0.717, 1.165) is 28.2 Å². The number of ether oxygens (including phenoxy) is 2. The third-order valence-electron chi connectivity index (χ3n) is 4.13. The van der Waals surface area contributed by atoms with Crippen molar-refractivity contribution < 1.29 is 14.3 Å². The fraction of sp³-hybridized carbons (Fsp3) is 0.350. The highest BCUT2D eigenvalue weighted by atomic mass is 16.5. The van der Waals surface area contributed by atoms with E-state index in [4.69, 9.17) is 9.47 Å². The topological polar surface area (TPSA) is 47.6 Å². The molecule has 1 N–H and O–H groups in total. The zero-order valence-corrected chi connectivity index (χ0v) is 14.8. The van der Waals surface area contributed by atoms with Crippen LogP contribution in [0.2, 0.25) is 0 Å². The van der Waals surface area contributed by atoms with Crippen LogP contribution in [0.15, 0.2) is 42.5 Å². The number of amides is 1. The van der Waals surface area contributed by atoms with E-state index in [2.05, 4.69) is 5.32 Å². The Morgan fingerprint density at radius 3 is 2.50 bits per heavy atom. The average molecular weight is 327 g/mol. The van der Waals surface area contributed by atoms with Crippen LogP contribution in [0.3, 0.4) is 0 Å². The molecule has 0 saturated heterocycles. The molecule has 0 aromatic heterocycles. The summed E-state index contributed by atoms with van der Waals surface area (Å²) >= 11 is 0. The fourth-order valence-corrected chi connectivity index (χ4v) is 2.47. The van der Waals surface area contributed by atoms with Gasteiger partial charge in [-0.1, -0.05) is 37.3 Å². The maximum Gasteiger partial charge on any atom is 0.261 e. The summed E-state index contributed by atoms with van der Waals surface area (Å²) in [4.78, 5) is 12.5. The fourth-order valence-electron chi connectivity index (χ4n) is 2.47. The molecule has 4 heteroatoms. The molecule has 0 bridgehead atoms. The Labute approximate surface area is 143 Å². The van der Waals surface area contributed by atoms with Gasteiger partial charge in [-0.15, -0.1) is 0 Å². The van der Waals surface area contributed by atoms with Gasteiger partial charge in [0, 0.05) is 12.1 Å². The Balaban J connectivity index is 2.02. The van der Waals surface area contributed by atoms with Crippen LogP contribution in [-0.2, 0) is 11.3 Å². The van der Waals surface area contributed by atoms with Crippen molar-refractivity contribution in [2.45, 2.75) is 39.8 Å². The van der Waals surface area contributed by atoms with Crippen molar-refractivity contribution in [2.75, 3.05) is 7.11 Å². The molecular weight excluding hydrogens is 302 g/mol. The first-order chi connectivity index (χ1) is 11.6. The second-order valence-electron chi connectivity index (χ2n) is 5.74. The molecule has 0 radical (unpaired) electrons. The largest absolute Gasteiger partial charge is 0.496 e. The molecule has 0 aliphatic rings. The Morgan fingerprint density at radius 1 is 1.08 bits per heavy atom. The second kappa shape index (κ2) is 8.39. The number of hydrogen-bond acceptors (Lipinski definition) is 3. The normalized spacial score (nSPS) is 11.7. The molecular formula is C20H25NO3. The number of aryl methyl sites for hydroxylation is 1. The Kier molecular flexibility index (Phi) is 6.24. The van der Waals surface area contributed by atoms with Gasteiger partial charge in [0.15, 0.2) is 6.10 Å². The van der Waals surface area contributed by atoms with Crippen molar-refractivity contribution in [3.63, 3.8) is 0 Å². The first-order valence-electron chi connectivity index (χ1n) is 8.19. The third-order valence-corrected chi connectivity index (χ3v) is 4.13. The Morgan fingerprint density at radius 2 is 1.79 bits per heavy atom. The summed E-state index contributed by atoms with van der Waals surface area (Å²) in [6, 6.07) is 13.5. The van der Waals surface area contributed by atoms with E-state index < -0.39 is 6.10 Å². The average Bonchev–Trinajstić information content (AvgIpc) is 2.61. The van der Waals surface area contributed by atoms with Gasteiger partial charge < -0.3 is 14.8 Å². The Hall–Kier alpha value is -2.49. The SMILES string of the molecule is CCC(Oc1cccc(C)c1C)C(=O)NCc1ccccc1OC. The van der Waals surface area contributed by atoms with Gasteiger partial charge in [0.2, 0.25) is 0 Å². The number of carbonyl (C=O) groups is 1. The Bertz CT molecular complexity index is 697. The molecule has 24 heavy (non-hydrogen) atoms. The summed E-state index contributed by atoms with van der Waals surface area (Å²) in [5.74, 6) is 1.40. The monoisotopic (exact) mass is 327 g/mol. The molecule has 0 aliphatic heterocycles. The standard InChI is InChI=1S/C20H25NO3/c1-5-17(24-18-12-8-9-14(2)15(18)3)20(22)21-13-16-10-6-7-11-19(16)23-4/h6-12,17H,5,13H2,1-4H3,(H,21,22). The molecule has 0 saturated carbocycles. The first-order valence-corrected chi connectivity index (χ1v) is 8.19.